The third-order valence-electron chi connectivity index (χ3n) is 15.7. The van der Waals surface area contributed by atoms with Crippen LogP contribution in [0, 0.1) is 0 Å². The highest BCUT2D eigenvalue weighted by atomic mass is 31.2. The van der Waals surface area contributed by atoms with Crippen molar-refractivity contribution in [3.05, 3.63) is 170 Å². The van der Waals surface area contributed by atoms with Gasteiger partial charge >= 0.3 is 39.5 Å². The third-order valence-corrected chi connectivity index (χ3v) is 17.6. The van der Waals surface area contributed by atoms with Crippen LogP contribution in [0.1, 0.15) is 285 Å². The summed E-state index contributed by atoms with van der Waals surface area (Å²) in [5.41, 5.74) is 0. The topological polar surface area (TPSA) is 237 Å². The van der Waals surface area contributed by atoms with E-state index in [-0.39, 0.29) is 25.7 Å². The smallest absolute Gasteiger partial charge is 0.462 e. The highest BCUT2D eigenvalue weighted by Crippen LogP contribution is 2.45. The standard InChI is InChI=1S/C85H138O17P2/c1-5-9-13-17-21-25-29-33-36-38-39-41-43-47-50-54-58-62-66-70-83(88)96-76-81(102-85(90)72-68-64-60-56-52-48-44-40-37-34-30-26-22-18-14-10-6-2)78-100-104(93,94)98-74-79(86)73-97-103(91,92)99-77-80(101-84(89)71-67-63-59-55-51-45-32-28-24-20-16-12-8-4)75-95-82(87)69-65-61-57-53-49-46-42-35-31-27-23-19-15-11-7-3/h9-11,13-15,21-23,25-28,32-37,39,41-42,44,48-49,53,61,65,79-81,86H,5-8,12,16-20,24,29-31,38,40,43,45-47,50-52,54-60,62-64,66-78H2,1-4H3,(H,91,92)(H,93,94)/b13-9-,14-10-,15-11-,25-21-,26-22-,27-23-,32-28-,36-33-,37-34-,41-39-,42-35-,48-44-,53-49-,65-61-. The van der Waals surface area contributed by atoms with Gasteiger partial charge in [-0.2, -0.15) is 0 Å². The van der Waals surface area contributed by atoms with E-state index < -0.39 is 97.5 Å². The van der Waals surface area contributed by atoms with Crippen molar-refractivity contribution < 1.29 is 80.2 Å². The van der Waals surface area contributed by atoms with Crippen molar-refractivity contribution in [3.63, 3.8) is 0 Å². The fourth-order valence-electron chi connectivity index (χ4n) is 9.80. The first kappa shape index (κ1) is 98.4. The predicted molar refractivity (Wildman–Crippen MR) is 426 cm³/mol. The van der Waals surface area contributed by atoms with Crippen LogP contribution in [0.2, 0.25) is 0 Å². The van der Waals surface area contributed by atoms with Crippen molar-refractivity contribution >= 4 is 39.5 Å². The van der Waals surface area contributed by atoms with Gasteiger partial charge < -0.3 is 33.8 Å². The Morgan fingerprint density at radius 3 is 0.865 bits per heavy atom. The average molecular weight is 1490 g/mol. The number of hydrogen-bond donors (Lipinski definition) is 3. The first-order chi connectivity index (χ1) is 50.7. The number of unbranched alkanes of at least 4 members (excludes halogenated alkanes) is 19. The van der Waals surface area contributed by atoms with Gasteiger partial charge in [-0.1, -0.05) is 275 Å². The summed E-state index contributed by atoms with van der Waals surface area (Å²) in [5.74, 6) is -2.39. The van der Waals surface area contributed by atoms with Crippen LogP contribution in [0.5, 0.6) is 0 Å². The Kier molecular flexibility index (Phi) is 71.6. The van der Waals surface area contributed by atoms with Crippen molar-refractivity contribution in [2.45, 2.75) is 303 Å². The van der Waals surface area contributed by atoms with E-state index in [9.17, 15) is 43.2 Å². The quantitative estimate of drug-likeness (QED) is 0.0169. The molecule has 0 rings (SSSR count). The van der Waals surface area contributed by atoms with Crippen molar-refractivity contribution in [2.75, 3.05) is 39.6 Å². The molecule has 0 bridgehead atoms. The molecule has 0 heterocycles. The molecule has 0 amide bonds. The Morgan fingerprint density at radius 1 is 0.288 bits per heavy atom. The summed E-state index contributed by atoms with van der Waals surface area (Å²) in [4.78, 5) is 72.9. The molecule has 0 saturated heterocycles. The Labute approximate surface area is 629 Å². The lowest BCUT2D eigenvalue weighted by Gasteiger charge is -2.21. The van der Waals surface area contributed by atoms with Gasteiger partial charge in [0, 0.05) is 19.3 Å². The van der Waals surface area contributed by atoms with Crippen molar-refractivity contribution in [1.82, 2.24) is 0 Å². The molecular weight excluding hydrogens is 1350 g/mol. The number of allylic oxidation sites excluding steroid dienone is 27. The van der Waals surface area contributed by atoms with E-state index in [1.807, 2.05) is 18.2 Å². The molecule has 3 N–H and O–H groups in total. The Bertz CT molecular complexity index is 2640. The molecule has 0 fully saturated rings. The van der Waals surface area contributed by atoms with Gasteiger partial charge in [0.15, 0.2) is 12.2 Å². The van der Waals surface area contributed by atoms with Crippen molar-refractivity contribution in [3.8, 4) is 0 Å². The number of carbonyl (C=O) groups excluding carboxylic acids is 4. The highest BCUT2D eigenvalue weighted by Gasteiger charge is 2.30. The van der Waals surface area contributed by atoms with Gasteiger partial charge in [-0.25, -0.2) is 9.13 Å². The Hall–Kier alpha value is -5.58. The Morgan fingerprint density at radius 2 is 0.538 bits per heavy atom. The zero-order valence-electron chi connectivity index (χ0n) is 64.4. The molecule has 5 atom stereocenters. The fraction of sp³-hybridized carbons (Fsp3) is 0.624. The molecule has 0 aliphatic heterocycles. The van der Waals surface area contributed by atoms with Gasteiger partial charge in [-0.3, -0.25) is 37.3 Å². The number of phosphoric acid groups is 2. The van der Waals surface area contributed by atoms with Crippen LogP contribution in [0.3, 0.4) is 0 Å². The SMILES string of the molecule is CC/C=C\C/C=C\C/C=C\C/C=C\C/C=C\CC(=O)OCC(COP(=O)(O)OCC(O)COP(=O)(O)OCC(COC(=O)CCCCCCCC/C=C\C/C=C\C/C=C\C/C=C\CC)OC(=O)CCCCCC/C=C\C/C=C\C/C=C\C/C=C\CC)OC(=O)CCCCCCC/C=C\CCCCCC. The molecule has 0 aromatic carbocycles. The van der Waals surface area contributed by atoms with Gasteiger partial charge in [0.25, 0.3) is 0 Å². The number of rotatable bonds is 72. The second-order valence-electron chi connectivity index (χ2n) is 25.5. The monoisotopic (exact) mass is 1490 g/mol. The summed E-state index contributed by atoms with van der Waals surface area (Å²) in [5, 5.41) is 10.6. The lowest BCUT2D eigenvalue weighted by Crippen LogP contribution is -2.30. The molecule has 0 radical (unpaired) electrons. The lowest BCUT2D eigenvalue weighted by molar-refractivity contribution is -0.161. The van der Waals surface area contributed by atoms with E-state index in [2.05, 4.69) is 174 Å². The number of hydrogen-bond acceptors (Lipinski definition) is 15. The van der Waals surface area contributed by atoms with Crippen LogP contribution in [-0.2, 0) is 65.4 Å². The lowest BCUT2D eigenvalue weighted by atomic mass is 10.1. The summed E-state index contributed by atoms with van der Waals surface area (Å²) in [7, 11) is -10.0. The van der Waals surface area contributed by atoms with Crippen LogP contribution in [0.25, 0.3) is 0 Å². The second-order valence-corrected chi connectivity index (χ2v) is 28.4. The van der Waals surface area contributed by atoms with Gasteiger partial charge in [0.2, 0.25) is 0 Å². The molecule has 0 saturated carbocycles. The van der Waals surface area contributed by atoms with Crippen LogP contribution in [-0.4, -0.2) is 96.7 Å². The molecular formula is C85H138O17P2. The van der Waals surface area contributed by atoms with E-state index in [1.54, 1.807) is 6.08 Å². The molecule has 104 heavy (non-hydrogen) atoms. The van der Waals surface area contributed by atoms with Gasteiger partial charge in [0.05, 0.1) is 32.8 Å². The first-order valence-corrected chi connectivity index (χ1v) is 42.4. The largest absolute Gasteiger partial charge is 0.472 e. The summed E-state index contributed by atoms with van der Waals surface area (Å²) < 4.78 is 68.4. The molecule has 0 spiro atoms. The molecule has 19 heteroatoms. The van der Waals surface area contributed by atoms with E-state index in [1.165, 1.54) is 25.7 Å². The normalized spacial score (nSPS) is 14.8. The predicted octanol–water partition coefficient (Wildman–Crippen LogP) is 23.0. The summed E-state index contributed by atoms with van der Waals surface area (Å²) in [6.45, 7) is 4.33. The molecule has 5 unspecified atom stereocenters. The summed E-state index contributed by atoms with van der Waals surface area (Å²) >= 11 is 0. The molecule has 17 nitrogen and oxygen atoms in total. The van der Waals surface area contributed by atoms with E-state index in [0.717, 1.165) is 180 Å². The minimum absolute atomic E-state index is 0.0551. The Balaban J connectivity index is 5.47. The van der Waals surface area contributed by atoms with E-state index in [4.69, 9.17) is 37.0 Å². The van der Waals surface area contributed by atoms with E-state index in [0.29, 0.717) is 25.7 Å². The number of phosphoric ester groups is 2. The average Bonchev–Trinajstić information content (AvgIpc) is 0.916. The highest BCUT2D eigenvalue weighted by molar-refractivity contribution is 7.47. The minimum atomic E-state index is -5.01. The molecule has 0 aliphatic rings. The van der Waals surface area contributed by atoms with Gasteiger partial charge in [-0.05, 0) is 154 Å². The van der Waals surface area contributed by atoms with Crippen LogP contribution < -0.4 is 0 Å². The number of aliphatic hydroxyl groups excluding tert-OH is 1. The van der Waals surface area contributed by atoms with Crippen molar-refractivity contribution in [1.29, 1.82) is 0 Å². The number of aliphatic hydroxyl groups is 1. The molecule has 0 aliphatic carbocycles. The molecule has 590 valence electrons. The fourth-order valence-corrected chi connectivity index (χ4v) is 11.4. The number of carbonyl (C=O) groups is 4. The zero-order chi connectivity index (χ0) is 76.0. The van der Waals surface area contributed by atoms with Crippen LogP contribution >= 0.6 is 15.6 Å². The second kappa shape index (κ2) is 75.6. The van der Waals surface area contributed by atoms with Crippen LogP contribution in [0.4, 0.5) is 0 Å². The van der Waals surface area contributed by atoms with Gasteiger partial charge in [0.1, 0.15) is 19.3 Å². The number of esters is 4. The molecule has 0 aromatic rings. The summed E-state index contributed by atoms with van der Waals surface area (Å²) in [6.07, 6.45) is 89.4. The molecule has 0 aromatic heterocycles. The maximum atomic E-state index is 13.1. The van der Waals surface area contributed by atoms with Gasteiger partial charge in [-0.15, -0.1) is 0 Å². The third kappa shape index (κ3) is 74.7. The summed E-state index contributed by atoms with van der Waals surface area (Å²) in [6, 6.07) is 0. The van der Waals surface area contributed by atoms with Crippen molar-refractivity contribution in [2.24, 2.45) is 0 Å². The van der Waals surface area contributed by atoms with Crippen LogP contribution in [0.15, 0.2) is 170 Å². The maximum absolute atomic E-state index is 13.1. The maximum Gasteiger partial charge on any atom is 0.472 e. The number of ether oxygens (including phenoxy) is 4. The van der Waals surface area contributed by atoms with E-state index >= 15 is 0 Å². The first-order valence-electron chi connectivity index (χ1n) is 39.4. The minimum Gasteiger partial charge on any atom is -0.462 e. The zero-order valence-corrected chi connectivity index (χ0v) is 66.2.